The molecule has 0 N–H and O–H groups in total. The minimum absolute atomic E-state index is 0.0944. The van der Waals surface area contributed by atoms with Crippen LogP contribution in [0.2, 0.25) is 0 Å². The van der Waals surface area contributed by atoms with Gasteiger partial charge in [0, 0.05) is 11.4 Å². The van der Waals surface area contributed by atoms with Gasteiger partial charge in [0.1, 0.15) is 0 Å². The van der Waals surface area contributed by atoms with Crippen molar-refractivity contribution in [3.05, 3.63) is 22.4 Å². The second kappa shape index (κ2) is 5.37. The molecule has 122 valence electrons. The van der Waals surface area contributed by atoms with Crippen molar-refractivity contribution in [1.29, 1.82) is 0 Å². The van der Waals surface area contributed by atoms with Crippen molar-refractivity contribution in [2.24, 2.45) is 5.41 Å². The van der Waals surface area contributed by atoms with E-state index >= 15 is 0 Å². The number of amides is 1. The molecular weight excluding hydrogens is 298 g/mol. The van der Waals surface area contributed by atoms with Crippen molar-refractivity contribution in [3.63, 3.8) is 0 Å². The Hall–Kier alpha value is -1.36. The third-order valence-corrected chi connectivity index (χ3v) is 6.65. The highest BCUT2D eigenvalue weighted by molar-refractivity contribution is 7.10. The summed E-state index contributed by atoms with van der Waals surface area (Å²) in [5, 5.41) is 2.00. The molecule has 0 spiro atoms. The summed E-state index contributed by atoms with van der Waals surface area (Å²) in [6, 6.07) is 4.00. The molecule has 0 aromatic carbocycles. The molecule has 0 radical (unpaired) electrons. The van der Waals surface area contributed by atoms with E-state index in [0.717, 1.165) is 11.3 Å². The molecule has 0 aliphatic carbocycles. The summed E-state index contributed by atoms with van der Waals surface area (Å²) in [5.41, 5.74) is -1.89. The van der Waals surface area contributed by atoms with Crippen molar-refractivity contribution in [1.82, 2.24) is 4.90 Å². The Labute approximate surface area is 136 Å². The van der Waals surface area contributed by atoms with Crippen LogP contribution in [-0.4, -0.2) is 36.0 Å². The Balaban J connectivity index is 2.35. The topological polar surface area (TPSA) is 46.6 Å². The fraction of sp³-hybridized carbons (Fsp3) is 0.647. The lowest BCUT2D eigenvalue weighted by molar-refractivity contribution is -0.162. The van der Waals surface area contributed by atoms with E-state index in [1.165, 1.54) is 7.11 Å². The van der Waals surface area contributed by atoms with Gasteiger partial charge in [-0.3, -0.25) is 9.59 Å². The number of hydrogen-bond donors (Lipinski definition) is 0. The van der Waals surface area contributed by atoms with Crippen LogP contribution < -0.4 is 0 Å². The number of esters is 1. The molecule has 0 saturated carbocycles. The van der Waals surface area contributed by atoms with E-state index < -0.39 is 16.4 Å². The molecule has 1 fully saturated rings. The number of rotatable bonds is 4. The van der Waals surface area contributed by atoms with Gasteiger partial charge >= 0.3 is 5.97 Å². The molecule has 1 amide bonds. The standard InChI is InChI=1S/C17H25NO3S/c1-15(2,14(20)21-6)16(3,4)18-10-9-17(5,13(18)19)12-8-7-11-22-12/h7-8,11H,9-10H2,1-6H3. The first-order valence-corrected chi connectivity index (χ1v) is 8.41. The minimum Gasteiger partial charge on any atom is -0.469 e. The summed E-state index contributed by atoms with van der Waals surface area (Å²) in [5.74, 6) is -0.202. The number of nitrogens with zero attached hydrogens (tertiary/aromatic N) is 1. The Morgan fingerprint density at radius 1 is 1.36 bits per heavy atom. The van der Waals surface area contributed by atoms with Gasteiger partial charge in [-0.25, -0.2) is 0 Å². The first kappa shape index (κ1) is 17.0. The van der Waals surface area contributed by atoms with Gasteiger partial charge in [0.05, 0.1) is 23.5 Å². The predicted octanol–water partition coefficient (Wildman–Crippen LogP) is 3.22. The monoisotopic (exact) mass is 323 g/mol. The molecule has 1 atom stereocenters. The van der Waals surface area contributed by atoms with Gasteiger partial charge in [0.25, 0.3) is 0 Å². The molecule has 0 bridgehead atoms. The molecule has 1 aliphatic heterocycles. The van der Waals surface area contributed by atoms with Crippen LogP contribution in [-0.2, 0) is 19.7 Å². The Morgan fingerprint density at radius 2 is 2.00 bits per heavy atom. The highest BCUT2D eigenvalue weighted by Crippen LogP contribution is 2.45. The Bertz CT molecular complexity index is 577. The average Bonchev–Trinajstić information content (AvgIpc) is 3.08. The third kappa shape index (κ3) is 2.26. The van der Waals surface area contributed by atoms with Gasteiger partial charge in [0.15, 0.2) is 0 Å². The molecule has 1 aromatic rings. The molecule has 22 heavy (non-hydrogen) atoms. The largest absolute Gasteiger partial charge is 0.469 e. The van der Waals surface area contributed by atoms with Crippen molar-refractivity contribution in [2.45, 2.75) is 52.0 Å². The molecule has 1 aromatic heterocycles. The lowest BCUT2D eigenvalue weighted by Crippen LogP contribution is -2.59. The third-order valence-electron chi connectivity index (χ3n) is 5.52. The summed E-state index contributed by atoms with van der Waals surface area (Å²) in [4.78, 5) is 28.2. The summed E-state index contributed by atoms with van der Waals surface area (Å²) >= 11 is 1.61. The van der Waals surface area contributed by atoms with E-state index in [4.69, 9.17) is 4.74 Å². The van der Waals surface area contributed by atoms with Crippen molar-refractivity contribution in [2.75, 3.05) is 13.7 Å². The molecule has 2 rings (SSSR count). The Morgan fingerprint density at radius 3 is 2.50 bits per heavy atom. The van der Waals surface area contributed by atoms with Crippen LogP contribution in [0.4, 0.5) is 0 Å². The summed E-state index contributed by atoms with van der Waals surface area (Å²) in [6.45, 7) is 10.2. The van der Waals surface area contributed by atoms with Gasteiger partial charge in [-0.2, -0.15) is 0 Å². The second-order valence-electron chi connectivity index (χ2n) is 7.19. The van der Waals surface area contributed by atoms with Crippen molar-refractivity contribution < 1.29 is 14.3 Å². The predicted molar refractivity (Wildman–Crippen MR) is 87.9 cm³/mol. The van der Waals surface area contributed by atoms with Gasteiger partial charge in [-0.15, -0.1) is 11.3 Å². The van der Waals surface area contributed by atoms with Crippen LogP contribution >= 0.6 is 11.3 Å². The lowest BCUT2D eigenvalue weighted by Gasteiger charge is -2.46. The Kier molecular flexibility index (Phi) is 4.15. The zero-order valence-corrected chi connectivity index (χ0v) is 15.0. The maximum atomic E-state index is 13.1. The van der Waals surface area contributed by atoms with Gasteiger partial charge in [0.2, 0.25) is 5.91 Å². The summed E-state index contributed by atoms with van der Waals surface area (Å²) in [7, 11) is 1.39. The molecule has 5 heteroatoms. The van der Waals surface area contributed by atoms with Crippen LogP contribution in [0.5, 0.6) is 0 Å². The van der Waals surface area contributed by atoms with Crippen LogP contribution in [0.3, 0.4) is 0 Å². The summed E-state index contributed by atoms with van der Waals surface area (Å²) < 4.78 is 4.95. The van der Waals surface area contributed by atoms with E-state index in [2.05, 4.69) is 0 Å². The van der Waals surface area contributed by atoms with Crippen LogP contribution in [0.1, 0.15) is 45.9 Å². The number of carbonyl (C=O) groups is 2. The van der Waals surface area contributed by atoms with Gasteiger partial charge < -0.3 is 9.64 Å². The fourth-order valence-electron chi connectivity index (χ4n) is 3.04. The highest BCUT2D eigenvalue weighted by atomic mass is 32.1. The second-order valence-corrected chi connectivity index (χ2v) is 8.14. The number of carbonyl (C=O) groups excluding carboxylic acids is 2. The van der Waals surface area contributed by atoms with Gasteiger partial charge in [-0.1, -0.05) is 6.07 Å². The van der Waals surface area contributed by atoms with E-state index in [-0.39, 0.29) is 11.9 Å². The number of likely N-dealkylation sites (tertiary alicyclic amines) is 1. The molecule has 1 saturated heterocycles. The smallest absolute Gasteiger partial charge is 0.313 e. The maximum absolute atomic E-state index is 13.1. The van der Waals surface area contributed by atoms with E-state index in [0.29, 0.717) is 6.54 Å². The van der Waals surface area contributed by atoms with Crippen LogP contribution in [0, 0.1) is 5.41 Å². The molecule has 1 aliphatic rings. The normalized spacial score (nSPS) is 23.0. The van der Waals surface area contributed by atoms with Crippen molar-refractivity contribution in [3.8, 4) is 0 Å². The first-order chi connectivity index (χ1) is 10.1. The van der Waals surface area contributed by atoms with E-state index in [1.54, 1.807) is 11.3 Å². The average molecular weight is 323 g/mol. The molecule has 2 heterocycles. The number of methoxy groups -OCH3 is 1. The van der Waals surface area contributed by atoms with Crippen molar-refractivity contribution >= 4 is 23.2 Å². The number of ether oxygens (including phenoxy) is 1. The highest BCUT2D eigenvalue weighted by Gasteiger charge is 2.55. The first-order valence-electron chi connectivity index (χ1n) is 7.53. The lowest BCUT2D eigenvalue weighted by atomic mass is 9.73. The molecule has 1 unspecified atom stereocenters. The SMILES string of the molecule is COC(=O)C(C)(C)C(C)(C)N1CCC(C)(c2cccs2)C1=O. The number of hydrogen-bond acceptors (Lipinski definition) is 4. The number of thiophene rings is 1. The molecule has 4 nitrogen and oxygen atoms in total. The summed E-state index contributed by atoms with van der Waals surface area (Å²) in [6.07, 6.45) is 0.771. The minimum atomic E-state index is -0.780. The van der Waals surface area contributed by atoms with Crippen LogP contribution in [0.25, 0.3) is 0 Å². The van der Waals surface area contributed by atoms with Gasteiger partial charge in [-0.05, 0) is 52.5 Å². The van der Waals surface area contributed by atoms with E-state index in [9.17, 15) is 9.59 Å². The maximum Gasteiger partial charge on any atom is 0.313 e. The fourth-order valence-corrected chi connectivity index (χ4v) is 3.95. The quantitative estimate of drug-likeness (QED) is 0.799. The molecular formula is C17H25NO3S. The van der Waals surface area contributed by atoms with E-state index in [1.807, 2.05) is 57.0 Å². The zero-order valence-electron chi connectivity index (χ0n) is 14.2. The van der Waals surface area contributed by atoms with Crippen LogP contribution in [0.15, 0.2) is 17.5 Å². The zero-order chi connectivity index (χ0) is 16.8.